The first-order valence-electron chi connectivity index (χ1n) is 6.40. The summed E-state index contributed by atoms with van der Waals surface area (Å²) in [6.07, 6.45) is 0. The van der Waals surface area contributed by atoms with Gasteiger partial charge in [-0.2, -0.15) is 9.90 Å². The molecule has 1 radical (unpaired) electrons. The number of benzene rings is 3. The molecule has 0 aliphatic carbocycles. The smallest absolute Gasteiger partial charge is 0 e. The Balaban J connectivity index is 0.00000147. The van der Waals surface area contributed by atoms with Crippen LogP contribution in [0.4, 0.5) is 0 Å². The van der Waals surface area contributed by atoms with Crippen LogP contribution >= 0.6 is 17.8 Å². The molecule has 0 bridgehead atoms. The summed E-state index contributed by atoms with van der Waals surface area (Å²) in [7, 11) is -0.446. The Kier molecular flexibility index (Phi) is 11.3. The zero-order chi connectivity index (χ0) is 12.9. The summed E-state index contributed by atoms with van der Waals surface area (Å²) in [5, 5.41) is 4.19. The van der Waals surface area contributed by atoms with Crippen molar-refractivity contribution >= 4 is 33.7 Å². The molecule has 4 heteroatoms. The third-order valence-corrected chi connectivity index (χ3v) is 5.49. The second-order valence-corrected chi connectivity index (χ2v) is 6.56. The van der Waals surface area contributed by atoms with E-state index in [1.54, 1.807) is 0 Å². The molecule has 0 aromatic heterocycles. The number of rotatable bonds is 3. The zero-order valence-electron chi connectivity index (χ0n) is 12.0. The minimum atomic E-state index is -0.446. The summed E-state index contributed by atoms with van der Waals surface area (Å²) in [5.74, 6) is 0. The van der Waals surface area contributed by atoms with Crippen molar-refractivity contribution in [2.45, 2.75) is 0 Å². The monoisotopic (exact) mass is 595 g/mol. The van der Waals surface area contributed by atoms with Gasteiger partial charge in [-0.3, -0.25) is 0 Å². The molecule has 1 unspecified atom stereocenters. The van der Waals surface area contributed by atoms with Gasteiger partial charge in [0.1, 0.15) is 0 Å². The molecule has 0 amide bonds. The molecule has 0 aliphatic rings. The fourth-order valence-corrected chi connectivity index (χ4v) is 4.48. The maximum absolute atomic E-state index is 2.23. The topological polar surface area (TPSA) is 0 Å². The maximum atomic E-state index is 2.23. The van der Waals surface area contributed by atoms with Gasteiger partial charge in [0, 0.05) is 40.5 Å². The Bertz CT molecular complexity index is 539. The van der Waals surface area contributed by atoms with E-state index in [2.05, 4.69) is 91.0 Å². The molecule has 22 heavy (non-hydrogen) atoms. The molecule has 3 aromatic carbocycles. The van der Waals surface area contributed by atoms with Gasteiger partial charge in [-0.1, -0.05) is 91.0 Å². The first-order valence-corrected chi connectivity index (χ1v) is 7.74. The molecule has 0 N–H and O–H groups in total. The summed E-state index contributed by atoms with van der Waals surface area (Å²) in [6.45, 7) is 0. The third-order valence-electron chi connectivity index (χ3n) is 3.04. The van der Waals surface area contributed by atoms with Gasteiger partial charge in [-0.05, 0) is 23.8 Å². The molecule has 0 saturated heterocycles. The van der Waals surface area contributed by atoms with E-state index in [0.717, 1.165) is 0 Å². The largest absolute Gasteiger partial charge is 0.153 e. The van der Waals surface area contributed by atoms with Crippen LogP contribution < -0.4 is 15.9 Å². The van der Waals surface area contributed by atoms with Gasteiger partial charge in [-0.25, -0.2) is 0 Å². The Morgan fingerprint density at radius 2 is 0.682 bits per heavy atom. The van der Waals surface area contributed by atoms with Crippen LogP contribution in [-0.4, -0.2) is 0 Å². The Morgan fingerprint density at radius 3 is 0.909 bits per heavy atom. The van der Waals surface area contributed by atoms with E-state index in [-0.39, 0.29) is 50.4 Å². The fraction of sp³-hybridized carbons (Fsp3) is 0. The molecular formula is C18H18IrP2Pd. The molecule has 0 fully saturated rings. The zero-order valence-corrected chi connectivity index (χ0v) is 18.2. The Labute approximate surface area is 164 Å². The van der Waals surface area contributed by atoms with E-state index in [0.29, 0.717) is 0 Å². The average Bonchev–Trinajstić information content (AvgIpc) is 2.51. The maximum Gasteiger partial charge on any atom is 0 e. The third kappa shape index (κ3) is 5.48. The quantitative estimate of drug-likeness (QED) is 0.322. The molecule has 3 aromatic rings. The van der Waals surface area contributed by atoms with Crippen LogP contribution in [0.1, 0.15) is 0 Å². The van der Waals surface area contributed by atoms with Crippen LogP contribution in [0, 0.1) is 0 Å². The first kappa shape index (κ1) is 21.8. The molecule has 0 aliphatic heterocycles. The minimum Gasteiger partial charge on any atom is -0.153 e. The molecule has 119 valence electrons. The van der Waals surface area contributed by atoms with Crippen molar-refractivity contribution in [3.63, 3.8) is 0 Å². The van der Waals surface area contributed by atoms with E-state index >= 15 is 0 Å². The van der Waals surface area contributed by atoms with Gasteiger partial charge in [0.25, 0.3) is 0 Å². The molecule has 0 saturated carbocycles. The van der Waals surface area contributed by atoms with E-state index in [9.17, 15) is 0 Å². The Hall–Kier alpha value is -0.168. The van der Waals surface area contributed by atoms with Crippen LogP contribution in [-0.2, 0) is 40.5 Å². The van der Waals surface area contributed by atoms with Crippen LogP contribution in [0.25, 0.3) is 0 Å². The van der Waals surface area contributed by atoms with Crippen molar-refractivity contribution in [1.82, 2.24) is 0 Å². The summed E-state index contributed by atoms with van der Waals surface area (Å²) >= 11 is 0. The Morgan fingerprint density at radius 1 is 0.455 bits per heavy atom. The van der Waals surface area contributed by atoms with Crippen LogP contribution in [0.3, 0.4) is 0 Å². The predicted octanol–water partition coefficient (Wildman–Crippen LogP) is 3.50. The van der Waals surface area contributed by atoms with Crippen molar-refractivity contribution in [3.8, 4) is 0 Å². The van der Waals surface area contributed by atoms with Gasteiger partial charge in [0.2, 0.25) is 0 Å². The summed E-state index contributed by atoms with van der Waals surface area (Å²) in [4.78, 5) is 0. The minimum absolute atomic E-state index is 0. The summed E-state index contributed by atoms with van der Waals surface area (Å²) in [5.41, 5.74) is 0. The van der Waals surface area contributed by atoms with E-state index in [1.165, 1.54) is 15.9 Å². The molecule has 0 spiro atoms. The molecule has 1 atom stereocenters. The van der Waals surface area contributed by atoms with Crippen molar-refractivity contribution < 1.29 is 40.5 Å². The van der Waals surface area contributed by atoms with E-state index in [4.69, 9.17) is 0 Å². The molecule has 0 heterocycles. The van der Waals surface area contributed by atoms with Crippen LogP contribution in [0.15, 0.2) is 91.0 Å². The molecule has 3 rings (SSSR count). The second kappa shape index (κ2) is 11.4. The van der Waals surface area contributed by atoms with Gasteiger partial charge in [0.15, 0.2) is 0 Å². The molecule has 0 nitrogen and oxygen atoms in total. The van der Waals surface area contributed by atoms with E-state index in [1.807, 2.05) is 0 Å². The normalized spacial score (nSPS) is 9.14. The van der Waals surface area contributed by atoms with Gasteiger partial charge >= 0.3 is 0 Å². The van der Waals surface area contributed by atoms with Gasteiger partial charge in [0.05, 0.1) is 0 Å². The summed E-state index contributed by atoms with van der Waals surface area (Å²) < 4.78 is 0. The van der Waals surface area contributed by atoms with Crippen molar-refractivity contribution in [3.05, 3.63) is 91.0 Å². The standard InChI is InChI=1S/C18H15P.Ir.H3P.Pd/c1-4-10-16(11-5-1)19(17-12-6-2-7-13-17)18-14-8-3-9-15-18;;;/h1-15H;;1H3;. The van der Waals surface area contributed by atoms with Crippen molar-refractivity contribution in [1.29, 1.82) is 0 Å². The van der Waals surface area contributed by atoms with Gasteiger partial charge < -0.3 is 0 Å². The summed E-state index contributed by atoms with van der Waals surface area (Å²) in [6, 6.07) is 32.3. The average molecular weight is 595 g/mol. The number of hydrogen-bond donors (Lipinski definition) is 0. The van der Waals surface area contributed by atoms with Crippen molar-refractivity contribution in [2.75, 3.05) is 0 Å². The number of hydrogen-bond acceptors (Lipinski definition) is 0. The fourth-order valence-electron chi connectivity index (χ4n) is 2.18. The second-order valence-electron chi connectivity index (χ2n) is 4.34. The van der Waals surface area contributed by atoms with Crippen LogP contribution in [0.2, 0.25) is 0 Å². The van der Waals surface area contributed by atoms with Gasteiger partial charge in [-0.15, -0.1) is 0 Å². The predicted molar refractivity (Wildman–Crippen MR) is 96.3 cm³/mol. The van der Waals surface area contributed by atoms with Crippen LogP contribution in [0.5, 0.6) is 0 Å². The first-order chi connectivity index (χ1) is 9.45. The van der Waals surface area contributed by atoms with Crippen molar-refractivity contribution in [2.24, 2.45) is 0 Å². The SMILES string of the molecule is P.[Ir].[Pd].c1ccc(P(c2ccccc2)c2ccccc2)cc1. The molecular weight excluding hydrogens is 577 g/mol. The van der Waals surface area contributed by atoms with E-state index < -0.39 is 7.92 Å².